The minimum Gasteiger partial charge on any atom is -0.507 e. The fraction of sp³-hybridized carbons (Fsp3) is 0.200. The van der Waals surface area contributed by atoms with Gasteiger partial charge < -0.3 is 19.7 Å². The molecule has 0 fully saturated rings. The summed E-state index contributed by atoms with van der Waals surface area (Å²) in [6.07, 6.45) is 0.981. The molecule has 0 amide bonds. The van der Waals surface area contributed by atoms with Gasteiger partial charge in [0.1, 0.15) is 23.0 Å². The van der Waals surface area contributed by atoms with Crippen molar-refractivity contribution >= 4 is 21.5 Å². The number of phenolic OH excluding ortho intramolecular Hbond substituents is 2. The number of hydrogen-bond acceptors (Lipinski definition) is 4. The molecule has 150 valence electrons. The van der Waals surface area contributed by atoms with Crippen molar-refractivity contribution in [3.63, 3.8) is 0 Å². The van der Waals surface area contributed by atoms with E-state index in [1.54, 1.807) is 18.2 Å². The maximum absolute atomic E-state index is 9.67. The Bertz CT molecular complexity index is 1090. The number of phenols is 2. The molecule has 2 N–H and O–H groups in total. The minimum atomic E-state index is 0.295. The highest BCUT2D eigenvalue weighted by atomic mass is 16.5. The Morgan fingerprint density at radius 3 is 1.48 bits per heavy atom. The van der Waals surface area contributed by atoms with E-state index in [2.05, 4.69) is 6.92 Å². The lowest BCUT2D eigenvalue weighted by molar-refractivity contribution is 0.321. The molecular formula is C25H26O4. The monoisotopic (exact) mass is 390 g/mol. The van der Waals surface area contributed by atoms with Crippen LogP contribution in [0.25, 0.3) is 21.5 Å². The second-order valence-corrected chi connectivity index (χ2v) is 6.54. The highest BCUT2D eigenvalue weighted by molar-refractivity contribution is 5.93. The average molecular weight is 390 g/mol. The van der Waals surface area contributed by atoms with Crippen LogP contribution >= 0.6 is 0 Å². The number of ether oxygens (including phenoxy) is 2. The summed E-state index contributed by atoms with van der Waals surface area (Å²) in [6.45, 7) is 5.35. The molecule has 4 aromatic carbocycles. The smallest absolute Gasteiger partial charge is 0.127 e. The Morgan fingerprint density at radius 1 is 0.586 bits per heavy atom. The van der Waals surface area contributed by atoms with E-state index in [1.165, 1.54) is 0 Å². The standard InChI is InChI=1S/C13H14O2.C12H12O2/c1-2-9-15-13-8-7-12(14)10-5-3-4-6-11(10)13;1-2-14-12-8-7-11(13)9-5-3-4-6-10(9)12/h3-8,14H,2,9H2,1H3;3-8,13H,2H2,1H3. The lowest BCUT2D eigenvalue weighted by Gasteiger charge is -2.09. The van der Waals surface area contributed by atoms with E-state index >= 15 is 0 Å². The second-order valence-electron chi connectivity index (χ2n) is 6.54. The largest absolute Gasteiger partial charge is 0.507 e. The third kappa shape index (κ3) is 4.72. The van der Waals surface area contributed by atoms with Gasteiger partial charge in [0.2, 0.25) is 0 Å². The third-order valence-corrected chi connectivity index (χ3v) is 4.48. The highest BCUT2D eigenvalue weighted by Gasteiger charge is 2.05. The molecule has 0 saturated heterocycles. The molecule has 0 heterocycles. The molecule has 4 heteroatoms. The van der Waals surface area contributed by atoms with Gasteiger partial charge in [-0.1, -0.05) is 55.5 Å². The van der Waals surface area contributed by atoms with Crippen LogP contribution in [0, 0.1) is 0 Å². The van der Waals surface area contributed by atoms with Crippen molar-refractivity contribution in [1.29, 1.82) is 0 Å². The summed E-state index contributed by atoms with van der Waals surface area (Å²) in [5, 5.41) is 22.9. The maximum Gasteiger partial charge on any atom is 0.127 e. The van der Waals surface area contributed by atoms with Crippen LogP contribution in [0.5, 0.6) is 23.0 Å². The summed E-state index contributed by atoms with van der Waals surface area (Å²) in [7, 11) is 0. The van der Waals surface area contributed by atoms with Crippen molar-refractivity contribution in [2.24, 2.45) is 0 Å². The Hall–Kier alpha value is -3.40. The first-order chi connectivity index (χ1) is 14.2. The molecule has 0 saturated carbocycles. The molecule has 0 bridgehead atoms. The molecular weight excluding hydrogens is 364 g/mol. The highest BCUT2D eigenvalue weighted by Crippen LogP contribution is 2.33. The first kappa shape index (κ1) is 20.3. The molecule has 0 aromatic heterocycles. The van der Waals surface area contributed by atoms with E-state index < -0.39 is 0 Å². The Labute approximate surface area is 170 Å². The van der Waals surface area contributed by atoms with Gasteiger partial charge in [-0.2, -0.15) is 0 Å². The van der Waals surface area contributed by atoms with Gasteiger partial charge >= 0.3 is 0 Å². The van der Waals surface area contributed by atoms with Crippen LogP contribution in [-0.4, -0.2) is 23.4 Å². The number of aromatic hydroxyl groups is 2. The number of rotatable bonds is 5. The van der Waals surface area contributed by atoms with Crippen LogP contribution in [0.2, 0.25) is 0 Å². The van der Waals surface area contributed by atoms with Gasteiger partial charge in [-0.25, -0.2) is 0 Å². The van der Waals surface area contributed by atoms with Crippen LogP contribution < -0.4 is 9.47 Å². The molecule has 0 aliphatic heterocycles. The zero-order valence-corrected chi connectivity index (χ0v) is 16.8. The molecule has 4 nitrogen and oxygen atoms in total. The Balaban J connectivity index is 0.000000166. The SMILES string of the molecule is CCCOc1ccc(O)c2ccccc12.CCOc1ccc(O)c2ccccc12. The molecule has 0 unspecified atom stereocenters. The maximum atomic E-state index is 9.67. The zero-order valence-electron chi connectivity index (χ0n) is 16.8. The first-order valence-electron chi connectivity index (χ1n) is 9.82. The second kappa shape index (κ2) is 9.69. The lowest BCUT2D eigenvalue weighted by atomic mass is 10.1. The van der Waals surface area contributed by atoms with Crippen molar-refractivity contribution in [3.8, 4) is 23.0 Å². The molecule has 0 atom stereocenters. The summed E-state index contributed by atoms with van der Waals surface area (Å²) in [5.41, 5.74) is 0. The van der Waals surface area contributed by atoms with Gasteiger partial charge in [0.25, 0.3) is 0 Å². The predicted molar refractivity (Wildman–Crippen MR) is 118 cm³/mol. The van der Waals surface area contributed by atoms with Gasteiger partial charge in [-0.05, 0) is 37.6 Å². The van der Waals surface area contributed by atoms with Crippen molar-refractivity contribution in [3.05, 3.63) is 72.8 Å². The van der Waals surface area contributed by atoms with Crippen molar-refractivity contribution in [1.82, 2.24) is 0 Å². The van der Waals surface area contributed by atoms with E-state index in [1.807, 2.05) is 61.5 Å². The van der Waals surface area contributed by atoms with Gasteiger partial charge in [-0.15, -0.1) is 0 Å². The van der Waals surface area contributed by atoms with E-state index in [9.17, 15) is 10.2 Å². The van der Waals surface area contributed by atoms with Gasteiger partial charge in [0.15, 0.2) is 0 Å². The van der Waals surface area contributed by atoms with Gasteiger partial charge in [0.05, 0.1) is 13.2 Å². The molecule has 0 spiro atoms. The molecule has 4 rings (SSSR count). The normalized spacial score (nSPS) is 10.4. The fourth-order valence-corrected chi connectivity index (χ4v) is 3.13. The van der Waals surface area contributed by atoms with Crippen LogP contribution in [0.3, 0.4) is 0 Å². The molecule has 4 aromatic rings. The first-order valence-corrected chi connectivity index (χ1v) is 9.82. The van der Waals surface area contributed by atoms with Gasteiger partial charge in [-0.3, -0.25) is 0 Å². The van der Waals surface area contributed by atoms with E-state index in [4.69, 9.17) is 9.47 Å². The average Bonchev–Trinajstić information content (AvgIpc) is 2.76. The minimum absolute atomic E-state index is 0.295. The van der Waals surface area contributed by atoms with Crippen LogP contribution in [-0.2, 0) is 0 Å². The molecule has 29 heavy (non-hydrogen) atoms. The van der Waals surface area contributed by atoms with Crippen molar-refractivity contribution in [2.75, 3.05) is 13.2 Å². The molecule has 0 aliphatic carbocycles. The number of hydrogen-bond donors (Lipinski definition) is 2. The number of benzene rings is 4. The van der Waals surface area contributed by atoms with Crippen molar-refractivity contribution < 1.29 is 19.7 Å². The summed E-state index contributed by atoms with van der Waals surface area (Å²) in [5.74, 6) is 2.25. The quantitative estimate of drug-likeness (QED) is 0.421. The summed E-state index contributed by atoms with van der Waals surface area (Å²) < 4.78 is 11.1. The van der Waals surface area contributed by atoms with Crippen LogP contribution in [0.4, 0.5) is 0 Å². The van der Waals surface area contributed by atoms with E-state index in [0.717, 1.165) is 39.5 Å². The summed E-state index contributed by atoms with van der Waals surface area (Å²) >= 11 is 0. The summed E-state index contributed by atoms with van der Waals surface area (Å²) in [6, 6.07) is 22.3. The van der Waals surface area contributed by atoms with E-state index in [-0.39, 0.29) is 0 Å². The van der Waals surface area contributed by atoms with Crippen LogP contribution in [0.15, 0.2) is 72.8 Å². The topological polar surface area (TPSA) is 58.9 Å². The Morgan fingerprint density at radius 2 is 1.03 bits per heavy atom. The predicted octanol–water partition coefficient (Wildman–Crippen LogP) is 6.28. The van der Waals surface area contributed by atoms with Crippen LogP contribution in [0.1, 0.15) is 20.3 Å². The third-order valence-electron chi connectivity index (χ3n) is 4.48. The van der Waals surface area contributed by atoms with Crippen molar-refractivity contribution in [2.45, 2.75) is 20.3 Å². The zero-order chi connectivity index (χ0) is 20.6. The fourth-order valence-electron chi connectivity index (χ4n) is 3.13. The number of fused-ring (bicyclic) bond motifs is 2. The Kier molecular flexibility index (Phi) is 6.80. The molecule has 0 radical (unpaired) electrons. The van der Waals surface area contributed by atoms with E-state index in [0.29, 0.717) is 24.7 Å². The lowest BCUT2D eigenvalue weighted by Crippen LogP contribution is -1.95. The van der Waals surface area contributed by atoms with Gasteiger partial charge in [0, 0.05) is 21.5 Å². The summed E-state index contributed by atoms with van der Waals surface area (Å²) in [4.78, 5) is 0. The molecule has 0 aliphatic rings.